The SMILES string of the molecule is CSCCCCNC(=NCC(=O)N(C)C)NC1CCOc2ccccc21. The molecule has 0 spiro atoms. The maximum atomic E-state index is 11.9. The lowest BCUT2D eigenvalue weighted by Gasteiger charge is -2.28. The number of hydrogen-bond acceptors (Lipinski definition) is 4. The molecule has 0 saturated heterocycles. The van der Waals surface area contributed by atoms with E-state index in [4.69, 9.17) is 4.74 Å². The van der Waals surface area contributed by atoms with Gasteiger partial charge in [-0.3, -0.25) is 4.79 Å². The average Bonchev–Trinajstić information content (AvgIpc) is 2.65. The molecular formula is C19H30N4O2S. The lowest BCUT2D eigenvalue weighted by atomic mass is 10.0. The number of benzene rings is 1. The van der Waals surface area contributed by atoms with E-state index >= 15 is 0 Å². The van der Waals surface area contributed by atoms with Crippen molar-refractivity contribution in [3.63, 3.8) is 0 Å². The highest BCUT2D eigenvalue weighted by molar-refractivity contribution is 7.98. The summed E-state index contributed by atoms with van der Waals surface area (Å²) < 4.78 is 5.73. The van der Waals surface area contributed by atoms with E-state index in [0.29, 0.717) is 12.6 Å². The number of nitrogens with one attached hydrogen (secondary N) is 2. The van der Waals surface area contributed by atoms with E-state index in [1.54, 1.807) is 19.0 Å². The molecule has 1 amide bonds. The highest BCUT2D eigenvalue weighted by Crippen LogP contribution is 2.31. The van der Waals surface area contributed by atoms with E-state index in [2.05, 4.69) is 27.9 Å². The van der Waals surface area contributed by atoms with Gasteiger partial charge in [0.15, 0.2) is 5.96 Å². The maximum absolute atomic E-state index is 11.9. The summed E-state index contributed by atoms with van der Waals surface area (Å²) in [4.78, 5) is 17.9. The van der Waals surface area contributed by atoms with Crippen LogP contribution in [-0.2, 0) is 4.79 Å². The second kappa shape index (κ2) is 11.0. The van der Waals surface area contributed by atoms with Crippen LogP contribution in [0.15, 0.2) is 29.3 Å². The Morgan fingerprint density at radius 2 is 2.15 bits per heavy atom. The number of thioether (sulfide) groups is 1. The summed E-state index contributed by atoms with van der Waals surface area (Å²) >= 11 is 1.86. The van der Waals surface area contributed by atoms with Gasteiger partial charge in [-0.2, -0.15) is 11.8 Å². The fraction of sp³-hybridized carbons (Fsp3) is 0.579. The smallest absolute Gasteiger partial charge is 0.243 e. The zero-order valence-electron chi connectivity index (χ0n) is 16.0. The molecule has 0 fully saturated rings. The molecule has 2 N–H and O–H groups in total. The van der Waals surface area contributed by atoms with Crippen molar-refractivity contribution in [2.75, 3.05) is 45.8 Å². The summed E-state index contributed by atoms with van der Waals surface area (Å²) in [7, 11) is 3.49. The first-order chi connectivity index (χ1) is 12.6. The predicted molar refractivity (Wildman–Crippen MR) is 109 cm³/mol. The van der Waals surface area contributed by atoms with Crippen LogP contribution >= 0.6 is 11.8 Å². The standard InChI is InChI=1S/C19H30N4O2S/c1-23(2)18(24)14-21-19(20-11-6-7-13-26-3)22-16-10-12-25-17-9-5-4-8-15(16)17/h4-5,8-9,16H,6-7,10-14H2,1-3H3,(H2,20,21,22). The fourth-order valence-electron chi connectivity index (χ4n) is 2.68. The highest BCUT2D eigenvalue weighted by Gasteiger charge is 2.22. The van der Waals surface area contributed by atoms with Crippen molar-refractivity contribution in [1.29, 1.82) is 0 Å². The molecule has 0 saturated carbocycles. The zero-order chi connectivity index (χ0) is 18.8. The zero-order valence-corrected chi connectivity index (χ0v) is 16.8. The van der Waals surface area contributed by atoms with Crippen molar-refractivity contribution in [1.82, 2.24) is 15.5 Å². The maximum Gasteiger partial charge on any atom is 0.243 e. The average molecular weight is 379 g/mol. The van der Waals surface area contributed by atoms with Crippen LogP contribution in [0.25, 0.3) is 0 Å². The number of amides is 1. The number of ether oxygens (including phenoxy) is 1. The monoisotopic (exact) mass is 378 g/mol. The van der Waals surface area contributed by atoms with Crippen LogP contribution < -0.4 is 15.4 Å². The number of hydrogen-bond donors (Lipinski definition) is 2. The third-order valence-electron chi connectivity index (χ3n) is 4.21. The highest BCUT2D eigenvalue weighted by atomic mass is 32.2. The quantitative estimate of drug-likeness (QED) is 0.413. The number of unbranched alkanes of at least 4 members (excludes halogenated alkanes) is 1. The van der Waals surface area contributed by atoms with Crippen LogP contribution in [0.3, 0.4) is 0 Å². The fourth-order valence-corrected chi connectivity index (χ4v) is 3.17. The first-order valence-corrected chi connectivity index (χ1v) is 10.5. The van der Waals surface area contributed by atoms with Gasteiger partial charge >= 0.3 is 0 Å². The van der Waals surface area contributed by atoms with Crippen LogP contribution in [0.1, 0.15) is 30.9 Å². The molecule has 1 aliphatic rings. The van der Waals surface area contributed by atoms with Crippen LogP contribution in [-0.4, -0.2) is 62.6 Å². The van der Waals surface area contributed by atoms with E-state index in [-0.39, 0.29) is 18.5 Å². The molecule has 0 bridgehead atoms. The Kier molecular flexibility index (Phi) is 8.61. The minimum atomic E-state index is -0.0131. The van der Waals surface area contributed by atoms with Crippen LogP contribution in [0, 0.1) is 0 Å². The topological polar surface area (TPSA) is 66.0 Å². The minimum absolute atomic E-state index is 0.0131. The van der Waals surface area contributed by atoms with Gasteiger partial charge in [0.05, 0.1) is 12.6 Å². The molecule has 1 aromatic rings. The molecule has 2 rings (SSSR count). The second-order valence-corrected chi connectivity index (χ2v) is 7.44. The predicted octanol–water partition coefficient (Wildman–Crippen LogP) is 2.28. The number of aliphatic imine (C=N–C) groups is 1. The van der Waals surface area contributed by atoms with Gasteiger partial charge in [0.2, 0.25) is 5.91 Å². The number of likely N-dealkylation sites (N-methyl/N-ethyl adjacent to an activating group) is 1. The second-order valence-electron chi connectivity index (χ2n) is 6.45. The lowest BCUT2D eigenvalue weighted by molar-refractivity contribution is -0.127. The first kappa shape index (κ1) is 20.4. The number of guanidine groups is 1. The molecular weight excluding hydrogens is 348 g/mol. The van der Waals surface area contributed by atoms with Gasteiger partial charge in [0.1, 0.15) is 12.3 Å². The molecule has 1 atom stereocenters. The van der Waals surface area contributed by atoms with E-state index in [1.165, 1.54) is 0 Å². The van der Waals surface area contributed by atoms with E-state index in [9.17, 15) is 4.79 Å². The van der Waals surface area contributed by atoms with Crippen LogP contribution in [0.2, 0.25) is 0 Å². The van der Waals surface area contributed by atoms with Gasteiger partial charge in [0.25, 0.3) is 0 Å². The third-order valence-corrected chi connectivity index (χ3v) is 4.91. The van der Waals surface area contributed by atoms with E-state index in [1.807, 2.05) is 30.0 Å². The molecule has 7 heteroatoms. The van der Waals surface area contributed by atoms with E-state index in [0.717, 1.165) is 42.9 Å². The Bertz CT molecular complexity index is 607. The summed E-state index contributed by atoms with van der Waals surface area (Å²) in [6.07, 6.45) is 5.23. The van der Waals surface area contributed by atoms with Gasteiger partial charge in [-0.05, 0) is 30.9 Å². The lowest BCUT2D eigenvalue weighted by Crippen LogP contribution is -2.42. The molecule has 0 aliphatic carbocycles. The summed E-state index contributed by atoms with van der Waals surface area (Å²) in [5, 5.41) is 6.85. The van der Waals surface area contributed by atoms with Crippen molar-refractivity contribution in [3.05, 3.63) is 29.8 Å². The molecule has 26 heavy (non-hydrogen) atoms. The van der Waals surface area contributed by atoms with Gasteiger partial charge in [0, 0.05) is 32.6 Å². The summed E-state index contributed by atoms with van der Waals surface area (Å²) in [5.41, 5.74) is 1.13. The van der Waals surface area contributed by atoms with Crippen molar-refractivity contribution in [3.8, 4) is 5.75 Å². The Morgan fingerprint density at radius 1 is 1.35 bits per heavy atom. The molecule has 1 aliphatic heterocycles. The summed E-state index contributed by atoms with van der Waals surface area (Å²) in [5.74, 6) is 2.75. The molecule has 0 aromatic heterocycles. The van der Waals surface area contributed by atoms with Gasteiger partial charge < -0.3 is 20.3 Å². The van der Waals surface area contributed by atoms with Gasteiger partial charge in [-0.1, -0.05) is 18.2 Å². The Balaban J connectivity index is 2.01. The van der Waals surface area contributed by atoms with Crippen LogP contribution in [0.4, 0.5) is 0 Å². The molecule has 144 valence electrons. The molecule has 0 radical (unpaired) electrons. The van der Waals surface area contributed by atoms with E-state index < -0.39 is 0 Å². The summed E-state index contributed by atoms with van der Waals surface area (Å²) in [6.45, 7) is 1.65. The molecule has 1 aromatic carbocycles. The van der Waals surface area contributed by atoms with Crippen molar-refractivity contribution >= 4 is 23.6 Å². The van der Waals surface area contributed by atoms with Gasteiger partial charge in [-0.25, -0.2) is 4.99 Å². The normalized spacial score (nSPS) is 16.4. The number of rotatable bonds is 8. The number of fused-ring (bicyclic) bond motifs is 1. The minimum Gasteiger partial charge on any atom is -0.493 e. The Hall–Kier alpha value is -1.89. The van der Waals surface area contributed by atoms with Crippen molar-refractivity contribution in [2.24, 2.45) is 4.99 Å². The third kappa shape index (κ3) is 6.44. The number of carbonyl (C=O) groups excluding carboxylic acids is 1. The summed E-state index contributed by atoms with van der Waals surface area (Å²) in [6, 6.07) is 8.20. The van der Waals surface area contributed by atoms with Crippen LogP contribution in [0.5, 0.6) is 5.75 Å². The largest absolute Gasteiger partial charge is 0.493 e. The molecule has 1 unspecified atom stereocenters. The molecule has 6 nitrogen and oxygen atoms in total. The van der Waals surface area contributed by atoms with Crippen molar-refractivity contribution in [2.45, 2.75) is 25.3 Å². The van der Waals surface area contributed by atoms with Gasteiger partial charge in [-0.15, -0.1) is 0 Å². The molecule has 1 heterocycles. The van der Waals surface area contributed by atoms with Crippen molar-refractivity contribution < 1.29 is 9.53 Å². The Morgan fingerprint density at radius 3 is 2.92 bits per heavy atom. The number of nitrogens with zero attached hydrogens (tertiary/aromatic N) is 2. The first-order valence-electron chi connectivity index (χ1n) is 9.07. The Labute approximate surface area is 160 Å². The number of carbonyl (C=O) groups is 1. The number of para-hydroxylation sites is 1.